The van der Waals surface area contributed by atoms with Crippen molar-refractivity contribution in [2.75, 3.05) is 44.8 Å². The molecule has 0 amide bonds. The third-order valence-electron chi connectivity index (χ3n) is 8.70. The first-order valence-electron chi connectivity index (χ1n) is 15.3. The summed E-state index contributed by atoms with van der Waals surface area (Å²) in [7, 11) is 0. The summed E-state index contributed by atoms with van der Waals surface area (Å²) in [6, 6.07) is 9.70. The highest BCUT2D eigenvalue weighted by atomic mass is 16.5. The Morgan fingerprint density at radius 1 is 1.07 bits per heavy atom. The molecule has 1 unspecified atom stereocenters. The van der Waals surface area contributed by atoms with Gasteiger partial charge < -0.3 is 24.6 Å². The first kappa shape index (κ1) is 27.5. The lowest BCUT2D eigenvalue weighted by atomic mass is 9.92. The lowest BCUT2D eigenvalue weighted by Crippen LogP contribution is -2.55. The molecule has 3 aliphatic heterocycles. The van der Waals surface area contributed by atoms with E-state index < -0.39 is 12.0 Å². The van der Waals surface area contributed by atoms with Gasteiger partial charge in [0.1, 0.15) is 23.7 Å². The lowest BCUT2D eigenvalue weighted by molar-refractivity contribution is -0.151. The van der Waals surface area contributed by atoms with E-state index in [0.717, 1.165) is 113 Å². The van der Waals surface area contributed by atoms with E-state index in [1.54, 1.807) is 0 Å². The molecule has 1 aromatic heterocycles. The molecule has 1 atom stereocenters. The standard InChI is InChI=1S/C32H43N3O5/c36-32(37)30(27-8-4-9-28(29(27)22-10-11-22)40-25-14-18-38-19-15-25)35-20-26(21-35)39-17-3-1-2-7-24-13-12-23-6-5-16-33-31(23)34-24/h4,8-9,12-13,22,25-26,30H,1-3,5-7,10-11,14-21H2,(H,33,34)(H,36,37). The highest BCUT2D eigenvalue weighted by molar-refractivity contribution is 5.77. The van der Waals surface area contributed by atoms with Crippen molar-refractivity contribution >= 4 is 11.8 Å². The van der Waals surface area contributed by atoms with E-state index in [-0.39, 0.29) is 12.2 Å². The molecule has 1 aliphatic carbocycles. The molecule has 1 aromatic carbocycles. The number of ether oxygens (including phenoxy) is 3. The Hall–Kier alpha value is -2.68. The van der Waals surface area contributed by atoms with E-state index in [0.29, 0.717) is 19.0 Å². The van der Waals surface area contributed by atoms with Crippen LogP contribution in [0.4, 0.5) is 5.82 Å². The minimum absolute atomic E-state index is 0.0984. The predicted molar refractivity (Wildman–Crippen MR) is 153 cm³/mol. The van der Waals surface area contributed by atoms with Gasteiger partial charge in [-0.05, 0) is 74.1 Å². The number of hydrogen-bond donors (Lipinski definition) is 2. The molecule has 8 nitrogen and oxygen atoms in total. The number of rotatable bonds is 13. The van der Waals surface area contributed by atoms with Crippen LogP contribution in [0.3, 0.4) is 0 Å². The van der Waals surface area contributed by atoms with Crippen molar-refractivity contribution in [3.05, 3.63) is 52.7 Å². The summed E-state index contributed by atoms with van der Waals surface area (Å²) in [4.78, 5) is 19.4. The monoisotopic (exact) mass is 549 g/mol. The Morgan fingerprint density at radius 2 is 1.93 bits per heavy atom. The second-order valence-corrected chi connectivity index (χ2v) is 11.8. The molecule has 0 bridgehead atoms. The van der Waals surface area contributed by atoms with Crippen LogP contribution in [0, 0.1) is 0 Å². The summed E-state index contributed by atoms with van der Waals surface area (Å²) < 4.78 is 18.0. The Bertz CT molecular complexity index is 1160. The number of aromatic nitrogens is 1. The first-order chi connectivity index (χ1) is 19.7. The zero-order valence-electron chi connectivity index (χ0n) is 23.5. The van der Waals surface area contributed by atoms with E-state index in [9.17, 15) is 9.90 Å². The minimum atomic E-state index is -0.797. The van der Waals surface area contributed by atoms with Crippen LogP contribution < -0.4 is 10.1 Å². The van der Waals surface area contributed by atoms with E-state index in [2.05, 4.69) is 17.4 Å². The topological polar surface area (TPSA) is 93.2 Å². The van der Waals surface area contributed by atoms with Crippen LogP contribution >= 0.6 is 0 Å². The number of benzene rings is 1. The van der Waals surface area contributed by atoms with E-state index in [1.807, 2.05) is 23.1 Å². The normalized spacial score (nSPS) is 20.8. The Balaban J connectivity index is 0.969. The molecule has 2 saturated heterocycles. The maximum absolute atomic E-state index is 12.5. The number of aliphatic carboxylic acids is 1. The Morgan fingerprint density at radius 3 is 2.73 bits per heavy atom. The summed E-state index contributed by atoms with van der Waals surface area (Å²) in [5.74, 6) is 1.54. The van der Waals surface area contributed by atoms with Crippen LogP contribution in [0.1, 0.15) is 85.7 Å². The average Bonchev–Trinajstić information content (AvgIpc) is 3.79. The number of nitrogens with zero attached hydrogens (tertiary/aromatic N) is 2. The number of aryl methyl sites for hydroxylation is 2. The third-order valence-corrected chi connectivity index (χ3v) is 8.70. The predicted octanol–water partition coefficient (Wildman–Crippen LogP) is 5.11. The summed E-state index contributed by atoms with van der Waals surface area (Å²) >= 11 is 0. The fourth-order valence-electron chi connectivity index (χ4n) is 6.30. The molecule has 2 N–H and O–H groups in total. The Labute approximate surface area is 237 Å². The molecule has 4 aliphatic rings. The van der Waals surface area contributed by atoms with Crippen molar-refractivity contribution < 1.29 is 24.1 Å². The van der Waals surface area contributed by atoms with Gasteiger partial charge in [0, 0.05) is 50.3 Å². The van der Waals surface area contributed by atoms with Crippen LogP contribution in [0.25, 0.3) is 0 Å². The molecular weight excluding hydrogens is 506 g/mol. The van der Waals surface area contributed by atoms with Crippen molar-refractivity contribution in [1.29, 1.82) is 0 Å². The molecule has 4 heterocycles. The average molecular weight is 550 g/mol. The largest absolute Gasteiger partial charge is 0.490 e. The van der Waals surface area contributed by atoms with Crippen molar-refractivity contribution in [1.82, 2.24) is 9.88 Å². The fourth-order valence-corrected chi connectivity index (χ4v) is 6.30. The van der Waals surface area contributed by atoms with Gasteiger partial charge in [0.25, 0.3) is 0 Å². The molecule has 1 saturated carbocycles. The van der Waals surface area contributed by atoms with Gasteiger partial charge in [0.15, 0.2) is 0 Å². The Kier molecular flexibility index (Phi) is 8.85. The number of hydrogen-bond acceptors (Lipinski definition) is 7. The molecular formula is C32H43N3O5. The number of anilines is 1. The summed E-state index contributed by atoms with van der Waals surface area (Å²) in [6.45, 7) is 4.48. The van der Waals surface area contributed by atoms with Gasteiger partial charge in [-0.3, -0.25) is 9.69 Å². The molecule has 6 rings (SSSR count). The van der Waals surface area contributed by atoms with E-state index in [1.165, 1.54) is 12.0 Å². The van der Waals surface area contributed by atoms with Gasteiger partial charge in [0.2, 0.25) is 0 Å². The van der Waals surface area contributed by atoms with Crippen molar-refractivity contribution in [2.45, 2.75) is 88.4 Å². The fraction of sp³-hybridized carbons (Fsp3) is 0.625. The van der Waals surface area contributed by atoms with Crippen LogP contribution in [0.2, 0.25) is 0 Å². The maximum Gasteiger partial charge on any atom is 0.325 e. The molecule has 8 heteroatoms. The van der Waals surface area contributed by atoms with Gasteiger partial charge in [-0.15, -0.1) is 0 Å². The SMILES string of the molecule is O=C(O)C(c1cccc(OC2CCOCC2)c1C1CC1)N1CC(OCCCCCc2ccc3c(n2)NCCC3)C1. The zero-order chi connectivity index (χ0) is 27.3. The number of nitrogens with one attached hydrogen (secondary N) is 1. The number of carboxylic acid groups (broad SMARTS) is 1. The number of unbranched alkanes of at least 4 members (excludes halogenated alkanes) is 2. The molecule has 0 radical (unpaired) electrons. The molecule has 0 spiro atoms. The minimum Gasteiger partial charge on any atom is -0.490 e. The van der Waals surface area contributed by atoms with Crippen LogP contribution in [-0.2, 0) is 27.1 Å². The van der Waals surface area contributed by atoms with Gasteiger partial charge in [-0.2, -0.15) is 0 Å². The first-order valence-corrected chi connectivity index (χ1v) is 15.3. The third kappa shape index (κ3) is 6.61. The molecule has 216 valence electrons. The number of fused-ring (bicyclic) bond motifs is 1. The van der Waals surface area contributed by atoms with E-state index >= 15 is 0 Å². The second-order valence-electron chi connectivity index (χ2n) is 11.8. The number of carbonyl (C=O) groups is 1. The molecule has 40 heavy (non-hydrogen) atoms. The highest BCUT2D eigenvalue weighted by Crippen LogP contribution is 2.49. The zero-order valence-corrected chi connectivity index (χ0v) is 23.5. The quantitative estimate of drug-likeness (QED) is 0.333. The second kappa shape index (κ2) is 12.9. The van der Waals surface area contributed by atoms with Crippen LogP contribution in [0.15, 0.2) is 30.3 Å². The van der Waals surface area contributed by atoms with Gasteiger partial charge in [-0.25, -0.2) is 4.98 Å². The van der Waals surface area contributed by atoms with Gasteiger partial charge in [0.05, 0.1) is 19.3 Å². The van der Waals surface area contributed by atoms with Crippen molar-refractivity contribution in [3.63, 3.8) is 0 Å². The van der Waals surface area contributed by atoms with Crippen LogP contribution in [-0.4, -0.2) is 72.6 Å². The smallest absolute Gasteiger partial charge is 0.325 e. The maximum atomic E-state index is 12.5. The summed E-state index contributed by atoms with van der Waals surface area (Å²) in [5, 5.41) is 13.7. The van der Waals surface area contributed by atoms with Gasteiger partial charge in [-0.1, -0.05) is 24.6 Å². The number of carboxylic acids is 1. The molecule has 3 fully saturated rings. The summed E-state index contributed by atoms with van der Waals surface area (Å²) in [6.07, 6.45) is 10.7. The van der Waals surface area contributed by atoms with Gasteiger partial charge >= 0.3 is 5.97 Å². The van der Waals surface area contributed by atoms with Crippen molar-refractivity contribution in [3.8, 4) is 5.75 Å². The lowest BCUT2D eigenvalue weighted by Gasteiger charge is -2.43. The number of likely N-dealkylation sites (tertiary alicyclic amines) is 1. The van der Waals surface area contributed by atoms with Crippen molar-refractivity contribution in [2.24, 2.45) is 0 Å². The van der Waals surface area contributed by atoms with E-state index in [4.69, 9.17) is 19.2 Å². The highest BCUT2D eigenvalue weighted by Gasteiger charge is 2.41. The summed E-state index contributed by atoms with van der Waals surface area (Å²) in [5.41, 5.74) is 4.50. The number of pyridine rings is 1. The van der Waals surface area contributed by atoms with Crippen LogP contribution in [0.5, 0.6) is 5.75 Å². The molecule has 2 aromatic rings.